The molecule has 0 unspecified atom stereocenters. The highest BCUT2D eigenvalue weighted by Crippen LogP contribution is 2.25. The van der Waals surface area contributed by atoms with Gasteiger partial charge in [0, 0.05) is 30.2 Å². The van der Waals surface area contributed by atoms with Crippen molar-refractivity contribution in [3.63, 3.8) is 0 Å². The summed E-state index contributed by atoms with van der Waals surface area (Å²) in [7, 11) is 2.26. The third kappa shape index (κ3) is 5.47. The van der Waals surface area contributed by atoms with Crippen LogP contribution in [-0.4, -0.2) is 48.6 Å². The molecule has 1 N–H and O–H groups in total. The molecule has 31 heavy (non-hydrogen) atoms. The number of nitrogens with zero attached hydrogens (tertiary/aromatic N) is 2. The molecule has 1 amide bonds. The molecule has 1 aromatic heterocycles. The van der Waals surface area contributed by atoms with E-state index in [4.69, 9.17) is 4.74 Å². The van der Waals surface area contributed by atoms with Crippen LogP contribution in [0.2, 0.25) is 0 Å². The summed E-state index contributed by atoms with van der Waals surface area (Å²) >= 11 is 0. The summed E-state index contributed by atoms with van der Waals surface area (Å²) in [4.78, 5) is 17.0. The highest BCUT2D eigenvalue weighted by atomic mass is 19.1. The van der Waals surface area contributed by atoms with Gasteiger partial charge in [-0.25, -0.2) is 4.39 Å². The number of pyridine rings is 1. The number of quaternary nitrogens is 1. The average Bonchev–Trinajstić information content (AvgIpc) is 3.22. The Morgan fingerprint density at radius 2 is 1.68 bits per heavy atom. The summed E-state index contributed by atoms with van der Waals surface area (Å²) < 4.78 is 19.8. The molecule has 3 aromatic rings. The lowest BCUT2D eigenvalue weighted by Crippen LogP contribution is -2.46. The summed E-state index contributed by atoms with van der Waals surface area (Å²) in [5.74, 6) is 0.828. The van der Waals surface area contributed by atoms with Gasteiger partial charge in [0.15, 0.2) is 0 Å². The molecule has 1 aliphatic heterocycles. The normalized spacial score (nSPS) is 14.9. The largest absolute Gasteiger partial charge is 0.457 e. The smallest absolute Gasteiger partial charge is 0.251 e. The lowest BCUT2D eigenvalue weighted by Gasteiger charge is -2.29. The molecule has 2 heterocycles. The third-order valence-corrected chi connectivity index (χ3v) is 5.80. The molecule has 0 atom stereocenters. The lowest BCUT2D eigenvalue weighted by molar-refractivity contribution is -0.896. The number of nitrogens with one attached hydrogen (secondary N) is 1. The first-order valence-corrected chi connectivity index (χ1v) is 10.6. The lowest BCUT2D eigenvalue weighted by atomic mass is 10.1. The minimum atomic E-state index is -0.301. The molecular formula is C25H27FN3O2+. The zero-order valence-electron chi connectivity index (χ0n) is 17.7. The number of carbonyl (C=O) groups excluding carboxylic acids is 1. The van der Waals surface area contributed by atoms with E-state index in [0.29, 0.717) is 23.6 Å². The van der Waals surface area contributed by atoms with Crippen molar-refractivity contribution < 1.29 is 18.4 Å². The maximum Gasteiger partial charge on any atom is 0.251 e. The summed E-state index contributed by atoms with van der Waals surface area (Å²) in [6, 6.07) is 16.9. The first-order chi connectivity index (χ1) is 15.0. The van der Waals surface area contributed by atoms with E-state index < -0.39 is 0 Å². The second-order valence-electron chi connectivity index (χ2n) is 8.26. The number of carbonyl (C=O) groups is 1. The van der Waals surface area contributed by atoms with Crippen molar-refractivity contribution >= 4 is 5.91 Å². The number of likely N-dealkylation sites (N-methyl/N-ethyl adjacent to an activating group) is 1. The molecular weight excluding hydrogens is 393 g/mol. The van der Waals surface area contributed by atoms with Crippen molar-refractivity contribution in [2.75, 3.05) is 33.2 Å². The highest BCUT2D eigenvalue weighted by Gasteiger charge is 2.26. The van der Waals surface area contributed by atoms with Crippen molar-refractivity contribution in [1.29, 1.82) is 0 Å². The summed E-state index contributed by atoms with van der Waals surface area (Å²) in [6.07, 6.45) is 4.19. The quantitative estimate of drug-likeness (QED) is 0.566. The number of benzene rings is 2. The fourth-order valence-corrected chi connectivity index (χ4v) is 3.93. The molecule has 6 heteroatoms. The van der Waals surface area contributed by atoms with Gasteiger partial charge in [-0.15, -0.1) is 0 Å². The van der Waals surface area contributed by atoms with Gasteiger partial charge >= 0.3 is 0 Å². The number of hydrogen-bond acceptors (Lipinski definition) is 3. The van der Waals surface area contributed by atoms with Crippen LogP contribution < -0.4 is 10.1 Å². The molecule has 0 aliphatic carbocycles. The number of likely N-dealkylation sites (tertiary alicyclic amines) is 1. The Labute approximate surface area is 182 Å². The minimum absolute atomic E-state index is 0.0780. The summed E-state index contributed by atoms with van der Waals surface area (Å²) in [6.45, 7) is 4.01. The van der Waals surface area contributed by atoms with Gasteiger partial charge in [0.1, 0.15) is 17.3 Å². The summed E-state index contributed by atoms with van der Waals surface area (Å²) in [5, 5.41) is 3.04. The van der Waals surface area contributed by atoms with E-state index in [1.54, 1.807) is 30.5 Å². The Kier molecular flexibility index (Phi) is 6.28. The number of rotatable bonds is 7. The van der Waals surface area contributed by atoms with Crippen LogP contribution in [0.4, 0.5) is 4.39 Å². The van der Waals surface area contributed by atoms with Crippen LogP contribution >= 0.6 is 0 Å². The fourth-order valence-electron chi connectivity index (χ4n) is 3.93. The average molecular weight is 421 g/mol. The van der Waals surface area contributed by atoms with Gasteiger partial charge in [0.2, 0.25) is 0 Å². The van der Waals surface area contributed by atoms with Crippen LogP contribution in [0.25, 0.3) is 11.3 Å². The standard InChI is InChI=1S/C25H26FN3O2/c1-29(15-2-3-16-29)17-14-28-25(30)20-12-13-27-24(18-20)19-4-8-22(9-5-19)31-23-10-6-21(26)7-11-23/h4-13,18H,2-3,14-17H2,1H3/p+1. The molecule has 0 spiro atoms. The Bertz CT molecular complexity index is 1030. The number of hydrogen-bond donors (Lipinski definition) is 1. The monoisotopic (exact) mass is 420 g/mol. The number of halogens is 1. The van der Waals surface area contributed by atoms with E-state index in [0.717, 1.165) is 22.3 Å². The molecule has 2 aromatic carbocycles. The van der Waals surface area contributed by atoms with Crippen LogP contribution in [0, 0.1) is 5.82 Å². The predicted octanol–water partition coefficient (Wildman–Crippen LogP) is 4.65. The number of aromatic nitrogens is 1. The minimum Gasteiger partial charge on any atom is -0.457 e. The summed E-state index contributed by atoms with van der Waals surface area (Å²) in [5.41, 5.74) is 2.21. The zero-order valence-corrected chi connectivity index (χ0v) is 17.7. The predicted molar refractivity (Wildman–Crippen MR) is 118 cm³/mol. The maximum absolute atomic E-state index is 13.0. The van der Waals surface area contributed by atoms with E-state index in [2.05, 4.69) is 17.3 Å². The molecule has 1 saturated heterocycles. The van der Waals surface area contributed by atoms with E-state index in [-0.39, 0.29) is 11.7 Å². The van der Waals surface area contributed by atoms with Crippen LogP contribution in [0.15, 0.2) is 66.9 Å². The van der Waals surface area contributed by atoms with E-state index >= 15 is 0 Å². The third-order valence-electron chi connectivity index (χ3n) is 5.80. The molecule has 160 valence electrons. The van der Waals surface area contributed by atoms with Crippen LogP contribution in [0.5, 0.6) is 11.5 Å². The van der Waals surface area contributed by atoms with E-state index in [1.165, 1.54) is 38.1 Å². The number of amides is 1. The van der Waals surface area contributed by atoms with Crippen molar-refractivity contribution in [1.82, 2.24) is 10.3 Å². The Morgan fingerprint density at radius 1 is 1.03 bits per heavy atom. The van der Waals surface area contributed by atoms with Crippen molar-refractivity contribution in [2.24, 2.45) is 0 Å². The van der Waals surface area contributed by atoms with Gasteiger partial charge in [-0.2, -0.15) is 0 Å². The van der Waals surface area contributed by atoms with Crippen molar-refractivity contribution in [2.45, 2.75) is 12.8 Å². The Balaban J connectivity index is 1.38. The molecule has 0 radical (unpaired) electrons. The van der Waals surface area contributed by atoms with E-state index in [9.17, 15) is 9.18 Å². The highest BCUT2D eigenvalue weighted by molar-refractivity contribution is 5.95. The molecule has 0 bridgehead atoms. The zero-order chi connectivity index (χ0) is 21.7. The van der Waals surface area contributed by atoms with Crippen LogP contribution in [0.3, 0.4) is 0 Å². The second-order valence-corrected chi connectivity index (χ2v) is 8.26. The van der Waals surface area contributed by atoms with Gasteiger partial charge in [-0.05, 0) is 60.7 Å². The second kappa shape index (κ2) is 9.27. The maximum atomic E-state index is 13.0. The Morgan fingerprint density at radius 3 is 2.35 bits per heavy atom. The molecule has 1 aliphatic rings. The van der Waals surface area contributed by atoms with Gasteiger partial charge in [-0.1, -0.05) is 0 Å². The van der Waals surface area contributed by atoms with Gasteiger partial charge in [0.25, 0.3) is 5.91 Å². The van der Waals surface area contributed by atoms with Crippen LogP contribution in [0.1, 0.15) is 23.2 Å². The molecule has 4 rings (SSSR count). The Hall–Kier alpha value is -3.25. The van der Waals surface area contributed by atoms with E-state index in [1.807, 2.05) is 24.3 Å². The molecule has 1 fully saturated rings. The van der Waals surface area contributed by atoms with Gasteiger partial charge < -0.3 is 14.5 Å². The SMILES string of the molecule is C[N+]1(CCNC(=O)c2ccnc(-c3ccc(Oc4ccc(F)cc4)cc3)c2)CCCC1. The van der Waals surface area contributed by atoms with Crippen molar-refractivity contribution in [3.8, 4) is 22.8 Å². The van der Waals surface area contributed by atoms with Gasteiger partial charge in [-0.3, -0.25) is 9.78 Å². The van der Waals surface area contributed by atoms with Crippen molar-refractivity contribution in [3.05, 3.63) is 78.2 Å². The number of ether oxygens (including phenoxy) is 1. The first kappa shape index (κ1) is 21.0. The first-order valence-electron chi connectivity index (χ1n) is 10.6. The van der Waals surface area contributed by atoms with Gasteiger partial charge in [0.05, 0.1) is 38.9 Å². The molecule has 0 saturated carbocycles. The fraction of sp³-hybridized carbons (Fsp3) is 0.280. The topological polar surface area (TPSA) is 51.2 Å². The van der Waals surface area contributed by atoms with Crippen LogP contribution in [-0.2, 0) is 0 Å². The molecule has 5 nitrogen and oxygen atoms in total.